The number of benzene rings is 2. The molecule has 2 rings (SSSR count). The second-order valence-electron chi connectivity index (χ2n) is 5.95. The molecule has 3 N–H and O–H groups in total. The molecule has 0 aliphatic carbocycles. The van der Waals surface area contributed by atoms with Crippen LogP contribution < -0.4 is 5.32 Å². The summed E-state index contributed by atoms with van der Waals surface area (Å²) in [6, 6.07) is 11.4. The number of hydrogen-bond acceptors (Lipinski definition) is 3. The molecule has 0 spiro atoms. The number of carbonyl (C=O) groups is 1. The van der Waals surface area contributed by atoms with Gasteiger partial charge in [0.1, 0.15) is 11.5 Å². The van der Waals surface area contributed by atoms with Gasteiger partial charge in [0.25, 0.3) is 5.91 Å². The number of hydrogen-bond donors (Lipinski definition) is 3. The van der Waals surface area contributed by atoms with Crippen molar-refractivity contribution in [3.05, 3.63) is 53.6 Å². The molecule has 21 heavy (non-hydrogen) atoms. The van der Waals surface area contributed by atoms with Crippen LogP contribution in [-0.4, -0.2) is 16.1 Å². The lowest BCUT2D eigenvalue weighted by molar-refractivity contribution is 0.102. The predicted octanol–water partition coefficient (Wildman–Crippen LogP) is 3.65. The van der Waals surface area contributed by atoms with Crippen molar-refractivity contribution in [2.75, 3.05) is 5.32 Å². The number of carbonyl (C=O) groups excluding carboxylic acids is 1. The number of aromatic hydroxyl groups is 2. The molecule has 4 heteroatoms. The topological polar surface area (TPSA) is 69.6 Å². The first-order valence-corrected chi connectivity index (χ1v) is 6.72. The maximum absolute atomic E-state index is 12.3. The van der Waals surface area contributed by atoms with Gasteiger partial charge in [0.2, 0.25) is 0 Å². The molecule has 0 saturated heterocycles. The van der Waals surface area contributed by atoms with Crippen molar-refractivity contribution >= 4 is 11.6 Å². The van der Waals surface area contributed by atoms with Gasteiger partial charge in [-0.05, 0) is 35.2 Å². The van der Waals surface area contributed by atoms with Crippen LogP contribution in [0.4, 0.5) is 5.69 Å². The second kappa shape index (κ2) is 5.48. The zero-order chi connectivity index (χ0) is 15.6. The van der Waals surface area contributed by atoms with Gasteiger partial charge in [-0.1, -0.05) is 39.0 Å². The number of rotatable bonds is 2. The Hall–Kier alpha value is -2.49. The summed E-state index contributed by atoms with van der Waals surface area (Å²) in [5, 5.41) is 22.0. The molecular formula is C17H19NO3. The summed E-state index contributed by atoms with van der Waals surface area (Å²) in [4.78, 5) is 12.3. The van der Waals surface area contributed by atoms with E-state index in [4.69, 9.17) is 0 Å². The molecule has 0 aliphatic heterocycles. The number of anilines is 1. The van der Waals surface area contributed by atoms with Gasteiger partial charge in [0.15, 0.2) is 0 Å². The second-order valence-corrected chi connectivity index (χ2v) is 5.95. The molecular weight excluding hydrogens is 266 g/mol. The van der Waals surface area contributed by atoms with E-state index in [1.807, 2.05) is 24.3 Å². The minimum absolute atomic E-state index is 0.0405. The first kappa shape index (κ1) is 14.9. The molecule has 1 amide bonds. The minimum Gasteiger partial charge on any atom is -0.508 e. The van der Waals surface area contributed by atoms with E-state index >= 15 is 0 Å². The molecule has 0 aliphatic rings. The maximum Gasteiger partial charge on any atom is 0.259 e. The van der Waals surface area contributed by atoms with Gasteiger partial charge >= 0.3 is 0 Å². The highest BCUT2D eigenvalue weighted by Crippen LogP contribution is 2.30. The molecule has 0 unspecified atom stereocenters. The van der Waals surface area contributed by atoms with Crippen LogP contribution >= 0.6 is 0 Å². The summed E-state index contributed by atoms with van der Waals surface area (Å²) in [7, 11) is 0. The van der Waals surface area contributed by atoms with E-state index in [0.29, 0.717) is 5.69 Å². The zero-order valence-corrected chi connectivity index (χ0v) is 12.3. The summed E-state index contributed by atoms with van der Waals surface area (Å²) >= 11 is 0. The summed E-state index contributed by atoms with van der Waals surface area (Å²) in [6.07, 6.45) is 0. The minimum atomic E-state index is -0.458. The summed E-state index contributed by atoms with van der Waals surface area (Å²) < 4.78 is 0. The smallest absolute Gasteiger partial charge is 0.259 e. The van der Waals surface area contributed by atoms with Gasteiger partial charge < -0.3 is 15.5 Å². The first-order valence-electron chi connectivity index (χ1n) is 6.72. The Bertz CT molecular complexity index is 672. The van der Waals surface area contributed by atoms with Crippen LogP contribution in [0.5, 0.6) is 11.5 Å². The third kappa shape index (κ3) is 3.34. The Morgan fingerprint density at radius 3 is 2.38 bits per heavy atom. The average molecular weight is 285 g/mol. The third-order valence-corrected chi connectivity index (χ3v) is 3.21. The van der Waals surface area contributed by atoms with Crippen molar-refractivity contribution in [3.63, 3.8) is 0 Å². The van der Waals surface area contributed by atoms with Gasteiger partial charge in [0.05, 0.1) is 5.56 Å². The Balaban J connectivity index is 2.35. The lowest BCUT2D eigenvalue weighted by atomic mass is 9.86. The van der Waals surface area contributed by atoms with E-state index in [0.717, 1.165) is 5.56 Å². The number of amides is 1. The van der Waals surface area contributed by atoms with Crippen molar-refractivity contribution in [2.45, 2.75) is 26.2 Å². The SMILES string of the molecule is CC(C)(C)c1ccccc1NC(=O)c1cc(O)ccc1O. The Kier molecular flexibility index (Phi) is 3.89. The van der Waals surface area contributed by atoms with Crippen LogP contribution in [0, 0.1) is 0 Å². The molecule has 2 aromatic carbocycles. The number of phenols is 2. The lowest BCUT2D eigenvalue weighted by Crippen LogP contribution is -2.18. The molecule has 2 aromatic rings. The largest absolute Gasteiger partial charge is 0.508 e. The highest BCUT2D eigenvalue weighted by atomic mass is 16.3. The number of para-hydroxylation sites is 1. The van der Waals surface area contributed by atoms with E-state index in [2.05, 4.69) is 26.1 Å². The van der Waals surface area contributed by atoms with Crippen molar-refractivity contribution < 1.29 is 15.0 Å². The highest BCUT2D eigenvalue weighted by molar-refractivity contribution is 6.06. The van der Waals surface area contributed by atoms with Crippen LogP contribution in [-0.2, 0) is 5.41 Å². The van der Waals surface area contributed by atoms with E-state index in [1.54, 1.807) is 0 Å². The number of nitrogens with one attached hydrogen (secondary N) is 1. The van der Waals surface area contributed by atoms with Gasteiger partial charge in [-0.15, -0.1) is 0 Å². The van der Waals surface area contributed by atoms with Crippen molar-refractivity contribution in [2.24, 2.45) is 0 Å². The third-order valence-electron chi connectivity index (χ3n) is 3.21. The maximum atomic E-state index is 12.3. The number of phenolic OH excluding ortho intramolecular Hbond substituents is 2. The molecule has 0 fully saturated rings. The van der Waals surface area contributed by atoms with Gasteiger partial charge in [-0.2, -0.15) is 0 Å². The monoisotopic (exact) mass is 285 g/mol. The van der Waals surface area contributed by atoms with Gasteiger partial charge in [-0.25, -0.2) is 0 Å². The molecule has 0 atom stereocenters. The molecule has 0 radical (unpaired) electrons. The quantitative estimate of drug-likeness (QED) is 0.738. The fraction of sp³-hybridized carbons (Fsp3) is 0.235. The van der Waals surface area contributed by atoms with E-state index in [-0.39, 0.29) is 22.5 Å². The van der Waals surface area contributed by atoms with E-state index in [1.165, 1.54) is 18.2 Å². The average Bonchev–Trinajstić information content (AvgIpc) is 2.41. The fourth-order valence-corrected chi connectivity index (χ4v) is 2.14. The zero-order valence-electron chi connectivity index (χ0n) is 12.3. The normalized spacial score (nSPS) is 11.2. The van der Waals surface area contributed by atoms with Crippen molar-refractivity contribution in [3.8, 4) is 11.5 Å². The van der Waals surface area contributed by atoms with Crippen LogP contribution in [0.25, 0.3) is 0 Å². The lowest BCUT2D eigenvalue weighted by Gasteiger charge is -2.23. The van der Waals surface area contributed by atoms with Crippen LogP contribution in [0.2, 0.25) is 0 Å². The molecule has 0 bridgehead atoms. The van der Waals surface area contributed by atoms with E-state index < -0.39 is 5.91 Å². The summed E-state index contributed by atoms with van der Waals surface area (Å²) in [5.74, 6) is -0.694. The fourth-order valence-electron chi connectivity index (χ4n) is 2.14. The highest BCUT2D eigenvalue weighted by Gasteiger charge is 2.20. The Labute approximate surface area is 124 Å². The van der Waals surface area contributed by atoms with Crippen LogP contribution in [0.15, 0.2) is 42.5 Å². The van der Waals surface area contributed by atoms with Crippen LogP contribution in [0.3, 0.4) is 0 Å². The van der Waals surface area contributed by atoms with Gasteiger partial charge in [-0.3, -0.25) is 4.79 Å². The van der Waals surface area contributed by atoms with E-state index in [9.17, 15) is 15.0 Å². The molecule has 110 valence electrons. The van der Waals surface area contributed by atoms with Crippen molar-refractivity contribution in [1.82, 2.24) is 0 Å². The summed E-state index contributed by atoms with van der Waals surface area (Å²) in [5.41, 5.74) is 1.61. The molecule has 0 aromatic heterocycles. The molecule has 0 saturated carbocycles. The molecule has 0 heterocycles. The first-order chi connectivity index (χ1) is 9.79. The molecule has 4 nitrogen and oxygen atoms in total. The van der Waals surface area contributed by atoms with Crippen molar-refractivity contribution in [1.29, 1.82) is 0 Å². The van der Waals surface area contributed by atoms with Crippen LogP contribution in [0.1, 0.15) is 36.7 Å². The standard InChI is InChI=1S/C17H19NO3/c1-17(2,3)13-6-4-5-7-14(13)18-16(21)12-10-11(19)8-9-15(12)20/h4-10,19-20H,1-3H3,(H,18,21). The summed E-state index contributed by atoms with van der Waals surface area (Å²) in [6.45, 7) is 6.18. The predicted molar refractivity (Wildman–Crippen MR) is 82.9 cm³/mol. The Morgan fingerprint density at radius 1 is 1.05 bits per heavy atom. The Morgan fingerprint density at radius 2 is 1.71 bits per heavy atom. The van der Waals surface area contributed by atoms with Gasteiger partial charge in [0, 0.05) is 5.69 Å².